The Kier molecular flexibility index (Phi) is 5.55. The topological polar surface area (TPSA) is 56.9 Å². The number of hydrogen-bond acceptors (Lipinski definition) is 5. The first kappa shape index (κ1) is 17.0. The molecule has 7 heteroatoms. The van der Waals surface area contributed by atoms with E-state index in [1.165, 1.54) is 11.8 Å². The van der Waals surface area contributed by atoms with E-state index in [9.17, 15) is 9.90 Å². The van der Waals surface area contributed by atoms with Gasteiger partial charge in [0.1, 0.15) is 16.1 Å². The quantitative estimate of drug-likeness (QED) is 0.793. The van der Waals surface area contributed by atoms with Crippen LogP contribution in [-0.2, 0) is 17.8 Å². The van der Waals surface area contributed by atoms with Crippen molar-refractivity contribution in [3.63, 3.8) is 0 Å². The van der Waals surface area contributed by atoms with Crippen LogP contribution in [0.25, 0.3) is 0 Å². The smallest absolute Gasteiger partial charge is 0.321 e. The van der Waals surface area contributed by atoms with Gasteiger partial charge >= 0.3 is 5.97 Å². The summed E-state index contributed by atoms with van der Waals surface area (Å²) in [6.45, 7) is 1.03. The molecule has 1 fully saturated rings. The maximum Gasteiger partial charge on any atom is 0.321 e. The number of thioether (sulfide) groups is 1. The lowest BCUT2D eigenvalue weighted by Gasteiger charge is -2.39. The molecule has 0 amide bonds. The standard InChI is InChI=1S/C17H18N2O3S2/c20-16(21)15(9-13-5-2-1-3-6-13)19-11-18(17(23)24-12-19)10-14-7-4-8-22-14/h1-8,15H,9-12H2,(H,20,21). The van der Waals surface area contributed by atoms with E-state index in [1.54, 1.807) is 6.26 Å². The van der Waals surface area contributed by atoms with Crippen molar-refractivity contribution >= 4 is 34.3 Å². The first-order valence-electron chi connectivity index (χ1n) is 7.58. The van der Waals surface area contributed by atoms with Crippen molar-refractivity contribution in [1.29, 1.82) is 0 Å². The molecule has 0 saturated carbocycles. The van der Waals surface area contributed by atoms with Crippen LogP contribution in [0.15, 0.2) is 53.1 Å². The lowest BCUT2D eigenvalue weighted by molar-refractivity contribution is -0.143. The van der Waals surface area contributed by atoms with Gasteiger partial charge in [0.25, 0.3) is 0 Å². The van der Waals surface area contributed by atoms with Gasteiger partial charge in [-0.25, -0.2) is 0 Å². The molecule has 0 spiro atoms. The van der Waals surface area contributed by atoms with E-state index >= 15 is 0 Å². The first-order chi connectivity index (χ1) is 11.6. The molecule has 1 aliphatic heterocycles. The number of thiocarbonyl (C=S) groups is 1. The maximum atomic E-state index is 11.8. The molecule has 0 bridgehead atoms. The molecule has 1 aromatic carbocycles. The molecular formula is C17H18N2O3S2. The fourth-order valence-corrected chi connectivity index (χ4v) is 3.77. The number of hydrogen-bond donors (Lipinski definition) is 1. The van der Waals surface area contributed by atoms with Crippen LogP contribution in [0, 0.1) is 0 Å². The van der Waals surface area contributed by atoms with Crippen LogP contribution >= 0.6 is 24.0 Å². The number of furan rings is 1. The Bertz CT molecular complexity index is 691. The van der Waals surface area contributed by atoms with Crippen molar-refractivity contribution in [3.05, 3.63) is 60.1 Å². The number of carbonyl (C=O) groups is 1. The van der Waals surface area contributed by atoms with Gasteiger partial charge in [-0.3, -0.25) is 9.69 Å². The first-order valence-corrected chi connectivity index (χ1v) is 8.98. The number of benzene rings is 1. The van der Waals surface area contributed by atoms with Gasteiger partial charge in [-0.2, -0.15) is 0 Å². The highest BCUT2D eigenvalue weighted by Gasteiger charge is 2.32. The zero-order chi connectivity index (χ0) is 16.9. The van der Waals surface area contributed by atoms with Gasteiger partial charge < -0.3 is 14.4 Å². The van der Waals surface area contributed by atoms with Gasteiger partial charge in [-0.05, 0) is 24.1 Å². The summed E-state index contributed by atoms with van der Waals surface area (Å²) in [4.78, 5) is 15.7. The summed E-state index contributed by atoms with van der Waals surface area (Å²) in [5.74, 6) is 0.581. The Hall–Kier alpha value is -1.83. The summed E-state index contributed by atoms with van der Waals surface area (Å²) in [5.41, 5.74) is 1.01. The van der Waals surface area contributed by atoms with Gasteiger partial charge in [0.2, 0.25) is 0 Å². The molecule has 3 rings (SSSR count). The molecule has 2 aromatic rings. The van der Waals surface area contributed by atoms with E-state index in [0.29, 0.717) is 25.5 Å². The molecular weight excluding hydrogens is 344 g/mol. The summed E-state index contributed by atoms with van der Waals surface area (Å²) in [6, 6.07) is 12.8. The van der Waals surface area contributed by atoms with Gasteiger partial charge in [-0.15, -0.1) is 0 Å². The molecule has 5 nitrogen and oxygen atoms in total. The van der Waals surface area contributed by atoms with Crippen LogP contribution in [0.1, 0.15) is 11.3 Å². The molecule has 2 heterocycles. The van der Waals surface area contributed by atoms with E-state index in [2.05, 4.69) is 0 Å². The number of carboxylic acids is 1. The normalized spacial score (nSPS) is 17.0. The minimum atomic E-state index is -0.815. The van der Waals surface area contributed by atoms with Crippen molar-refractivity contribution in [2.45, 2.75) is 19.0 Å². The van der Waals surface area contributed by atoms with Crippen molar-refractivity contribution in [3.8, 4) is 0 Å². The highest BCUT2D eigenvalue weighted by atomic mass is 32.2. The highest BCUT2D eigenvalue weighted by molar-refractivity contribution is 8.22. The Morgan fingerprint density at radius 3 is 2.75 bits per heavy atom. The summed E-state index contributed by atoms with van der Waals surface area (Å²) in [7, 11) is 0. The van der Waals surface area contributed by atoms with Crippen LogP contribution < -0.4 is 0 Å². The van der Waals surface area contributed by atoms with Gasteiger partial charge in [0.05, 0.1) is 25.4 Å². The Morgan fingerprint density at radius 2 is 2.08 bits per heavy atom. The van der Waals surface area contributed by atoms with E-state index in [0.717, 1.165) is 15.6 Å². The summed E-state index contributed by atoms with van der Waals surface area (Å²) in [6.07, 6.45) is 2.10. The Balaban J connectivity index is 1.71. The molecule has 0 aliphatic carbocycles. The molecule has 1 aromatic heterocycles. The second kappa shape index (κ2) is 7.83. The third-order valence-electron chi connectivity index (χ3n) is 3.89. The average Bonchev–Trinajstić information content (AvgIpc) is 3.09. The van der Waals surface area contributed by atoms with Crippen molar-refractivity contribution in [2.24, 2.45) is 0 Å². The van der Waals surface area contributed by atoms with E-state index in [-0.39, 0.29) is 0 Å². The lowest BCUT2D eigenvalue weighted by atomic mass is 10.1. The van der Waals surface area contributed by atoms with Gasteiger partial charge in [0.15, 0.2) is 0 Å². The minimum absolute atomic E-state index is 0.470. The van der Waals surface area contributed by atoms with Crippen LogP contribution in [0.4, 0.5) is 0 Å². The summed E-state index contributed by atoms with van der Waals surface area (Å²) in [5, 5.41) is 9.67. The Labute approximate surface area is 150 Å². The van der Waals surface area contributed by atoms with Crippen molar-refractivity contribution in [1.82, 2.24) is 9.80 Å². The molecule has 24 heavy (non-hydrogen) atoms. The van der Waals surface area contributed by atoms with Crippen LogP contribution in [0.2, 0.25) is 0 Å². The fraction of sp³-hybridized carbons (Fsp3) is 0.294. The van der Waals surface area contributed by atoms with E-state index in [1.807, 2.05) is 52.3 Å². The fourth-order valence-electron chi connectivity index (χ4n) is 2.65. The molecule has 1 saturated heterocycles. The average molecular weight is 362 g/mol. The number of carboxylic acid groups (broad SMARTS) is 1. The van der Waals surface area contributed by atoms with Gasteiger partial charge in [0, 0.05) is 0 Å². The van der Waals surface area contributed by atoms with Crippen molar-refractivity contribution < 1.29 is 14.3 Å². The minimum Gasteiger partial charge on any atom is -0.480 e. The largest absolute Gasteiger partial charge is 0.480 e. The molecule has 1 aliphatic rings. The van der Waals surface area contributed by atoms with Gasteiger partial charge in [-0.1, -0.05) is 54.3 Å². The highest BCUT2D eigenvalue weighted by Crippen LogP contribution is 2.24. The SMILES string of the molecule is O=C(O)C(Cc1ccccc1)N1CSC(=S)N(Cc2ccco2)C1. The second-order valence-corrected chi connectivity index (χ2v) is 7.17. The van der Waals surface area contributed by atoms with Crippen LogP contribution in [0.5, 0.6) is 0 Å². The maximum absolute atomic E-state index is 11.8. The predicted octanol–water partition coefficient (Wildman–Crippen LogP) is 3.03. The molecule has 1 unspecified atom stereocenters. The zero-order valence-electron chi connectivity index (χ0n) is 13.0. The van der Waals surface area contributed by atoms with Crippen molar-refractivity contribution in [2.75, 3.05) is 12.5 Å². The summed E-state index contributed by atoms with van der Waals surface area (Å²) >= 11 is 6.90. The monoisotopic (exact) mass is 362 g/mol. The molecule has 1 N–H and O–H groups in total. The molecule has 1 atom stereocenters. The third-order valence-corrected chi connectivity index (χ3v) is 5.47. The zero-order valence-corrected chi connectivity index (χ0v) is 14.6. The van der Waals surface area contributed by atoms with E-state index in [4.69, 9.17) is 16.6 Å². The second-order valence-electron chi connectivity index (χ2n) is 5.59. The third kappa shape index (κ3) is 4.17. The molecule has 0 radical (unpaired) electrons. The Morgan fingerprint density at radius 1 is 1.29 bits per heavy atom. The number of rotatable bonds is 6. The predicted molar refractivity (Wildman–Crippen MR) is 97.6 cm³/mol. The van der Waals surface area contributed by atoms with Crippen LogP contribution in [0.3, 0.4) is 0 Å². The molecule has 126 valence electrons. The number of nitrogens with zero attached hydrogens (tertiary/aromatic N) is 2. The van der Waals surface area contributed by atoms with E-state index < -0.39 is 12.0 Å². The summed E-state index contributed by atoms with van der Waals surface area (Å²) < 4.78 is 6.15. The van der Waals surface area contributed by atoms with Crippen LogP contribution in [-0.4, -0.2) is 43.8 Å². The lowest BCUT2D eigenvalue weighted by Crippen LogP contribution is -2.52. The number of aliphatic carboxylic acids is 1.